The SMILES string of the molecule is C=N/C(=C\SCc1ccc(N(CC)CCC)cc1)CCCC(=C)C. The highest BCUT2D eigenvalue weighted by molar-refractivity contribution is 8.01. The first-order valence-electron chi connectivity index (χ1n) is 8.86. The molecule has 132 valence electrons. The zero-order valence-electron chi connectivity index (χ0n) is 15.6. The third kappa shape index (κ3) is 7.87. The van der Waals surface area contributed by atoms with Gasteiger partial charge in [0.1, 0.15) is 0 Å². The van der Waals surface area contributed by atoms with E-state index in [2.05, 4.69) is 73.6 Å². The molecule has 0 bridgehead atoms. The molecular formula is C21H32N2S. The molecule has 0 amide bonds. The van der Waals surface area contributed by atoms with Crippen molar-refractivity contribution in [2.45, 2.75) is 52.2 Å². The maximum absolute atomic E-state index is 4.14. The van der Waals surface area contributed by atoms with E-state index in [0.29, 0.717) is 0 Å². The van der Waals surface area contributed by atoms with Gasteiger partial charge >= 0.3 is 0 Å². The van der Waals surface area contributed by atoms with Gasteiger partial charge in [-0.2, -0.15) is 0 Å². The molecule has 0 heterocycles. The van der Waals surface area contributed by atoms with Gasteiger partial charge in [0.05, 0.1) is 0 Å². The van der Waals surface area contributed by atoms with Crippen LogP contribution in [0.2, 0.25) is 0 Å². The number of thioether (sulfide) groups is 1. The number of benzene rings is 1. The second-order valence-corrected chi connectivity index (χ2v) is 6.99. The van der Waals surface area contributed by atoms with Gasteiger partial charge in [-0.25, -0.2) is 0 Å². The standard InChI is InChI=1S/C21H32N2S/c1-6-15-23(7-2)21-13-11-19(12-14-21)16-24-17-20(22-5)10-8-9-18(3)4/h11-14,17H,3,5-10,15-16H2,1-2,4H3/b20-17-. The number of hydrogen-bond acceptors (Lipinski definition) is 3. The van der Waals surface area contributed by atoms with Crippen molar-refractivity contribution in [3.05, 3.63) is 53.1 Å². The van der Waals surface area contributed by atoms with E-state index in [4.69, 9.17) is 0 Å². The van der Waals surface area contributed by atoms with Crippen LogP contribution in [0.3, 0.4) is 0 Å². The van der Waals surface area contributed by atoms with Crippen molar-refractivity contribution < 1.29 is 0 Å². The number of aliphatic imine (C=N–C) groups is 1. The molecule has 3 heteroatoms. The Bertz CT molecular complexity index is 531. The average Bonchev–Trinajstić information content (AvgIpc) is 2.58. The summed E-state index contributed by atoms with van der Waals surface area (Å²) in [6.45, 7) is 16.3. The van der Waals surface area contributed by atoms with E-state index in [0.717, 1.165) is 43.8 Å². The summed E-state index contributed by atoms with van der Waals surface area (Å²) in [4.78, 5) is 6.55. The number of anilines is 1. The molecule has 0 N–H and O–H groups in total. The zero-order valence-corrected chi connectivity index (χ0v) is 16.4. The van der Waals surface area contributed by atoms with Crippen LogP contribution in [-0.2, 0) is 5.75 Å². The second-order valence-electron chi connectivity index (χ2n) is 6.14. The van der Waals surface area contributed by atoms with Crippen LogP contribution >= 0.6 is 11.8 Å². The van der Waals surface area contributed by atoms with Gasteiger partial charge in [-0.1, -0.05) is 24.6 Å². The number of rotatable bonds is 12. The second kappa shape index (κ2) is 12.0. The van der Waals surface area contributed by atoms with E-state index < -0.39 is 0 Å². The zero-order chi connectivity index (χ0) is 17.8. The third-order valence-electron chi connectivity index (χ3n) is 3.89. The van der Waals surface area contributed by atoms with Crippen LogP contribution < -0.4 is 4.90 Å². The Morgan fingerprint density at radius 3 is 2.46 bits per heavy atom. The van der Waals surface area contributed by atoms with Gasteiger partial charge < -0.3 is 4.90 Å². The first kappa shape index (κ1) is 20.6. The summed E-state index contributed by atoms with van der Waals surface area (Å²) < 4.78 is 0. The number of nitrogens with zero attached hydrogens (tertiary/aromatic N) is 2. The van der Waals surface area contributed by atoms with Gasteiger partial charge in [0.25, 0.3) is 0 Å². The van der Waals surface area contributed by atoms with E-state index in [-0.39, 0.29) is 0 Å². The first-order valence-corrected chi connectivity index (χ1v) is 9.91. The Labute approximate surface area is 152 Å². The molecule has 0 atom stereocenters. The first-order chi connectivity index (χ1) is 11.6. The fourth-order valence-electron chi connectivity index (χ4n) is 2.52. The van der Waals surface area contributed by atoms with Crippen LogP contribution in [0.1, 0.15) is 52.0 Å². The van der Waals surface area contributed by atoms with Gasteiger partial charge in [-0.15, -0.1) is 18.3 Å². The van der Waals surface area contributed by atoms with Crippen LogP contribution in [-0.4, -0.2) is 19.8 Å². The Morgan fingerprint density at radius 2 is 1.92 bits per heavy atom. The Morgan fingerprint density at radius 1 is 1.21 bits per heavy atom. The van der Waals surface area contributed by atoms with Gasteiger partial charge in [0, 0.05) is 30.2 Å². The molecule has 1 aromatic carbocycles. The fraction of sp³-hybridized carbons (Fsp3) is 0.476. The predicted molar refractivity (Wildman–Crippen MR) is 112 cm³/mol. The van der Waals surface area contributed by atoms with Gasteiger partial charge in [0.15, 0.2) is 0 Å². The molecule has 1 aromatic rings. The van der Waals surface area contributed by atoms with E-state index in [1.807, 2.05) is 0 Å². The fourth-order valence-corrected chi connectivity index (χ4v) is 3.38. The lowest BCUT2D eigenvalue weighted by Gasteiger charge is -2.22. The van der Waals surface area contributed by atoms with E-state index in [1.54, 1.807) is 11.8 Å². The molecule has 0 radical (unpaired) electrons. The van der Waals surface area contributed by atoms with Crippen molar-refractivity contribution in [3.63, 3.8) is 0 Å². The molecule has 0 fully saturated rings. The topological polar surface area (TPSA) is 15.6 Å². The van der Waals surface area contributed by atoms with Gasteiger partial charge in [0.2, 0.25) is 0 Å². The largest absolute Gasteiger partial charge is 0.372 e. The van der Waals surface area contributed by atoms with Gasteiger partial charge in [-0.3, -0.25) is 4.99 Å². The average molecular weight is 345 g/mol. The maximum Gasteiger partial charge on any atom is 0.0459 e. The minimum atomic E-state index is 0.972. The normalized spacial score (nSPS) is 11.4. The lowest BCUT2D eigenvalue weighted by molar-refractivity contribution is 0.791. The molecule has 0 saturated heterocycles. The summed E-state index contributed by atoms with van der Waals surface area (Å²) in [6.07, 6.45) is 4.31. The summed E-state index contributed by atoms with van der Waals surface area (Å²) in [5, 5.41) is 2.15. The molecule has 1 rings (SSSR count). The minimum Gasteiger partial charge on any atom is -0.372 e. The van der Waals surface area contributed by atoms with E-state index in [1.165, 1.54) is 23.2 Å². The quantitative estimate of drug-likeness (QED) is 0.320. The molecule has 0 aliphatic heterocycles. The Balaban J connectivity index is 2.50. The van der Waals surface area contributed by atoms with Crippen LogP contribution in [0.4, 0.5) is 5.69 Å². The van der Waals surface area contributed by atoms with Gasteiger partial charge in [-0.05, 0) is 69.4 Å². The van der Waals surface area contributed by atoms with Crippen LogP contribution in [0.25, 0.3) is 0 Å². The van der Waals surface area contributed by atoms with E-state index >= 15 is 0 Å². The molecule has 0 aliphatic rings. The molecule has 0 spiro atoms. The molecule has 0 aromatic heterocycles. The van der Waals surface area contributed by atoms with Crippen molar-refractivity contribution in [3.8, 4) is 0 Å². The van der Waals surface area contributed by atoms with Crippen LogP contribution in [0.15, 0.2) is 52.5 Å². The van der Waals surface area contributed by atoms with Crippen molar-refractivity contribution in [1.29, 1.82) is 0 Å². The predicted octanol–water partition coefficient (Wildman–Crippen LogP) is 6.44. The molecule has 24 heavy (non-hydrogen) atoms. The highest BCUT2D eigenvalue weighted by Gasteiger charge is 2.03. The molecule has 0 unspecified atom stereocenters. The monoisotopic (exact) mass is 344 g/mol. The summed E-state index contributed by atoms with van der Waals surface area (Å²) >= 11 is 1.80. The number of hydrogen-bond donors (Lipinski definition) is 0. The summed E-state index contributed by atoms with van der Waals surface area (Å²) in [5.41, 5.74) is 4.98. The van der Waals surface area contributed by atoms with Crippen molar-refractivity contribution in [1.82, 2.24) is 0 Å². The minimum absolute atomic E-state index is 0.972. The number of allylic oxidation sites excluding steroid dienone is 2. The lowest BCUT2D eigenvalue weighted by atomic mass is 10.1. The Kier molecular flexibility index (Phi) is 10.3. The maximum atomic E-state index is 4.14. The Hall–Kier alpha value is -1.48. The molecular weight excluding hydrogens is 312 g/mol. The third-order valence-corrected chi connectivity index (χ3v) is 4.82. The summed E-state index contributed by atoms with van der Waals surface area (Å²) in [6, 6.07) is 8.93. The van der Waals surface area contributed by atoms with Crippen molar-refractivity contribution in [2.75, 3.05) is 18.0 Å². The molecule has 0 aliphatic carbocycles. The summed E-state index contributed by atoms with van der Waals surface area (Å²) in [5.74, 6) is 0.972. The lowest BCUT2D eigenvalue weighted by Crippen LogP contribution is -2.23. The van der Waals surface area contributed by atoms with Crippen LogP contribution in [0.5, 0.6) is 0 Å². The molecule has 0 saturated carbocycles. The summed E-state index contributed by atoms with van der Waals surface area (Å²) in [7, 11) is 0. The highest BCUT2D eigenvalue weighted by Crippen LogP contribution is 2.22. The van der Waals surface area contributed by atoms with Crippen molar-refractivity contribution in [2.24, 2.45) is 4.99 Å². The smallest absolute Gasteiger partial charge is 0.0459 e. The highest BCUT2D eigenvalue weighted by atomic mass is 32.2. The molecule has 2 nitrogen and oxygen atoms in total. The van der Waals surface area contributed by atoms with Crippen molar-refractivity contribution >= 4 is 24.2 Å². The van der Waals surface area contributed by atoms with Crippen LogP contribution in [0, 0.1) is 0 Å². The van der Waals surface area contributed by atoms with E-state index in [9.17, 15) is 0 Å².